The molecule has 1 nitrogen and oxygen atoms in total. The van der Waals surface area contributed by atoms with Gasteiger partial charge in [-0.3, -0.25) is 0 Å². The van der Waals surface area contributed by atoms with Gasteiger partial charge in [-0.15, -0.1) is 12.4 Å². The molecule has 0 aromatic carbocycles. The first kappa shape index (κ1) is 7.25. The van der Waals surface area contributed by atoms with E-state index in [4.69, 9.17) is 0 Å². The third kappa shape index (κ3) is 2.15. The van der Waals surface area contributed by atoms with Crippen LogP contribution in [0.5, 0.6) is 0 Å². The monoisotopic (exact) mass is 121 g/mol. The van der Waals surface area contributed by atoms with Crippen LogP contribution in [-0.4, -0.2) is 25.0 Å². The second kappa shape index (κ2) is 3.28. The molecule has 7 heavy (non-hydrogen) atoms. The van der Waals surface area contributed by atoms with Crippen molar-refractivity contribution in [3.63, 3.8) is 0 Å². The van der Waals surface area contributed by atoms with E-state index >= 15 is 0 Å². The summed E-state index contributed by atoms with van der Waals surface area (Å²) >= 11 is 0. The summed E-state index contributed by atoms with van der Waals surface area (Å²) in [6.07, 6.45) is 2.83. The van der Waals surface area contributed by atoms with Crippen molar-refractivity contribution in [1.29, 1.82) is 0 Å². The van der Waals surface area contributed by atoms with Crippen LogP contribution in [0.4, 0.5) is 0 Å². The summed E-state index contributed by atoms with van der Waals surface area (Å²) < 4.78 is 0. The third-order valence-electron chi connectivity index (χ3n) is 1.33. The van der Waals surface area contributed by atoms with Gasteiger partial charge in [0.1, 0.15) is 0 Å². The molecule has 0 atom stereocenters. The summed E-state index contributed by atoms with van der Waals surface area (Å²) in [5, 5.41) is 0. The minimum Gasteiger partial charge on any atom is -0.306 e. The van der Waals surface area contributed by atoms with Gasteiger partial charge in [0.25, 0.3) is 0 Å². The Kier molecular flexibility index (Phi) is 3.39. The lowest BCUT2D eigenvalue weighted by Crippen LogP contribution is -2.10. The van der Waals surface area contributed by atoms with Gasteiger partial charge in [0.15, 0.2) is 0 Å². The SMILES string of the molecule is CN1CCCC1.Cl. The van der Waals surface area contributed by atoms with E-state index < -0.39 is 0 Å². The molecule has 1 saturated heterocycles. The number of nitrogens with zero attached hydrogens (tertiary/aromatic N) is 1. The summed E-state index contributed by atoms with van der Waals surface area (Å²) in [6.45, 7) is 2.64. The number of halogens is 1. The van der Waals surface area contributed by atoms with Crippen molar-refractivity contribution in [2.75, 3.05) is 20.1 Å². The van der Waals surface area contributed by atoms with Gasteiger partial charge in [-0.2, -0.15) is 0 Å². The molecule has 0 saturated carbocycles. The van der Waals surface area contributed by atoms with Crippen molar-refractivity contribution in [3.05, 3.63) is 0 Å². The van der Waals surface area contributed by atoms with Gasteiger partial charge >= 0.3 is 0 Å². The molecular formula is C5H12ClN. The first-order valence-electron chi connectivity index (χ1n) is 2.58. The molecular weight excluding hydrogens is 110 g/mol. The molecule has 0 amide bonds. The normalized spacial score (nSPS) is 21.9. The highest BCUT2D eigenvalue weighted by Crippen LogP contribution is 2.01. The van der Waals surface area contributed by atoms with Crippen LogP contribution in [0.15, 0.2) is 0 Å². The van der Waals surface area contributed by atoms with Crippen LogP contribution in [0.25, 0.3) is 0 Å². The van der Waals surface area contributed by atoms with Crippen LogP contribution in [0.1, 0.15) is 12.8 Å². The van der Waals surface area contributed by atoms with Crippen LogP contribution in [0.3, 0.4) is 0 Å². The standard InChI is InChI=1S/C5H11N.ClH/c1-6-4-2-3-5-6;/h2-5H2,1H3;1H. The fourth-order valence-corrected chi connectivity index (χ4v) is 0.875. The Labute approximate surface area is 51.1 Å². The second-order valence-electron chi connectivity index (χ2n) is 2.01. The van der Waals surface area contributed by atoms with E-state index in [1.165, 1.54) is 25.9 Å². The topological polar surface area (TPSA) is 3.24 Å². The largest absolute Gasteiger partial charge is 0.306 e. The molecule has 0 N–H and O–H groups in total. The average Bonchev–Trinajstić information content (AvgIpc) is 1.86. The van der Waals surface area contributed by atoms with E-state index in [0.717, 1.165) is 0 Å². The van der Waals surface area contributed by atoms with Crippen LogP contribution >= 0.6 is 12.4 Å². The quantitative estimate of drug-likeness (QED) is 0.465. The average molecular weight is 122 g/mol. The van der Waals surface area contributed by atoms with Gasteiger partial charge in [0, 0.05) is 0 Å². The maximum Gasteiger partial charge on any atom is -0.00213 e. The van der Waals surface area contributed by atoms with E-state index in [1.807, 2.05) is 0 Å². The molecule has 0 unspecified atom stereocenters. The maximum atomic E-state index is 2.36. The Balaban J connectivity index is 0.000000360. The summed E-state index contributed by atoms with van der Waals surface area (Å²) in [5.41, 5.74) is 0. The van der Waals surface area contributed by atoms with Gasteiger partial charge in [-0.05, 0) is 33.0 Å². The Morgan fingerprint density at radius 3 is 1.71 bits per heavy atom. The third-order valence-corrected chi connectivity index (χ3v) is 1.33. The number of hydrogen-bond acceptors (Lipinski definition) is 1. The lowest BCUT2D eigenvalue weighted by atomic mass is 10.4. The molecule has 0 bridgehead atoms. The molecule has 1 rings (SSSR count). The van der Waals surface area contributed by atoms with Crippen LogP contribution in [-0.2, 0) is 0 Å². The molecule has 1 heterocycles. The minimum atomic E-state index is 0. The number of rotatable bonds is 0. The number of hydrogen-bond donors (Lipinski definition) is 0. The van der Waals surface area contributed by atoms with Gasteiger partial charge in [-0.25, -0.2) is 0 Å². The Hall–Kier alpha value is 0.250. The second-order valence-corrected chi connectivity index (χ2v) is 2.01. The first-order chi connectivity index (χ1) is 2.89. The molecule has 0 aromatic rings. The van der Waals surface area contributed by atoms with Crippen LogP contribution < -0.4 is 0 Å². The van der Waals surface area contributed by atoms with E-state index in [2.05, 4.69) is 11.9 Å². The summed E-state index contributed by atoms with van der Waals surface area (Å²) in [5.74, 6) is 0. The van der Waals surface area contributed by atoms with Crippen molar-refractivity contribution >= 4 is 12.4 Å². The molecule has 0 spiro atoms. The molecule has 44 valence electrons. The smallest absolute Gasteiger partial charge is 0.00213 e. The lowest BCUT2D eigenvalue weighted by Gasteiger charge is -2.01. The van der Waals surface area contributed by atoms with E-state index in [0.29, 0.717) is 0 Å². The fraction of sp³-hybridized carbons (Fsp3) is 1.00. The molecule has 0 aromatic heterocycles. The van der Waals surface area contributed by atoms with E-state index in [-0.39, 0.29) is 12.4 Å². The van der Waals surface area contributed by atoms with E-state index in [1.54, 1.807) is 0 Å². The predicted molar refractivity (Wildman–Crippen MR) is 34.0 cm³/mol. The van der Waals surface area contributed by atoms with Gasteiger partial charge in [0.2, 0.25) is 0 Å². The Morgan fingerprint density at radius 2 is 1.57 bits per heavy atom. The zero-order valence-corrected chi connectivity index (χ0v) is 5.50. The van der Waals surface area contributed by atoms with Crippen LogP contribution in [0, 0.1) is 0 Å². The van der Waals surface area contributed by atoms with Crippen molar-refractivity contribution in [2.24, 2.45) is 0 Å². The summed E-state index contributed by atoms with van der Waals surface area (Å²) in [6, 6.07) is 0. The zero-order chi connectivity index (χ0) is 4.41. The van der Waals surface area contributed by atoms with Crippen molar-refractivity contribution < 1.29 is 0 Å². The molecule has 0 radical (unpaired) electrons. The van der Waals surface area contributed by atoms with Crippen molar-refractivity contribution in [1.82, 2.24) is 4.90 Å². The molecule has 2 heteroatoms. The number of likely N-dealkylation sites (tertiary alicyclic amines) is 1. The molecule has 1 aliphatic rings. The Morgan fingerprint density at radius 1 is 1.14 bits per heavy atom. The molecule has 1 aliphatic heterocycles. The lowest BCUT2D eigenvalue weighted by molar-refractivity contribution is 0.418. The highest BCUT2D eigenvalue weighted by atomic mass is 35.5. The highest BCUT2D eigenvalue weighted by Gasteiger charge is 2.03. The zero-order valence-electron chi connectivity index (χ0n) is 4.68. The van der Waals surface area contributed by atoms with Crippen molar-refractivity contribution in [3.8, 4) is 0 Å². The fourth-order valence-electron chi connectivity index (χ4n) is 0.875. The first-order valence-corrected chi connectivity index (χ1v) is 2.58. The highest BCUT2D eigenvalue weighted by molar-refractivity contribution is 5.85. The van der Waals surface area contributed by atoms with Crippen molar-refractivity contribution in [2.45, 2.75) is 12.8 Å². The summed E-state index contributed by atoms with van der Waals surface area (Å²) in [4.78, 5) is 2.36. The maximum absolute atomic E-state index is 2.36. The van der Waals surface area contributed by atoms with Gasteiger partial charge < -0.3 is 4.90 Å². The van der Waals surface area contributed by atoms with E-state index in [9.17, 15) is 0 Å². The molecule has 0 aliphatic carbocycles. The van der Waals surface area contributed by atoms with Gasteiger partial charge in [-0.1, -0.05) is 0 Å². The predicted octanol–water partition coefficient (Wildman–Crippen LogP) is 1.13. The minimum absolute atomic E-state index is 0. The Bertz CT molecular complexity index is 41.3. The molecule has 1 fully saturated rings. The van der Waals surface area contributed by atoms with Gasteiger partial charge in [0.05, 0.1) is 0 Å². The van der Waals surface area contributed by atoms with Crippen LogP contribution in [0.2, 0.25) is 0 Å². The summed E-state index contributed by atoms with van der Waals surface area (Å²) in [7, 11) is 2.17.